The summed E-state index contributed by atoms with van der Waals surface area (Å²) in [5.74, 6) is 0.943. The van der Waals surface area contributed by atoms with Crippen LogP contribution in [0, 0.1) is 0 Å². The molecule has 1 rings (SSSR count). The Labute approximate surface area is 128 Å². The summed E-state index contributed by atoms with van der Waals surface area (Å²) in [6, 6.07) is 7.85. The first-order chi connectivity index (χ1) is 10.2. The number of benzene rings is 1. The van der Waals surface area contributed by atoms with Gasteiger partial charge in [0.2, 0.25) is 5.91 Å². The highest BCUT2D eigenvalue weighted by atomic mass is 16.5. The van der Waals surface area contributed by atoms with Crippen molar-refractivity contribution in [2.45, 2.75) is 40.0 Å². The van der Waals surface area contributed by atoms with E-state index in [4.69, 9.17) is 4.74 Å². The van der Waals surface area contributed by atoms with Crippen LogP contribution in [0.3, 0.4) is 0 Å². The van der Waals surface area contributed by atoms with E-state index in [-0.39, 0.29) is 5.91 Å². The van der Waals surface area contributed by atoms with Crippen molar-refractivity contribution in [1.29, 1.82) is 0 Å². The molecule has 1 aromatic rings. The maximum absolute atomic E-state index is 11.9. The van der Waals surface area contributed by atoms with Crippen molar-refractivity contribution >= 4 is 12.0 Å². The van der Waals surface area contributed by atoms with Crippen molar-refractivity contribution in [2.75, 3.05) is 19.7 Å². The minimum Gasteiger partial charge on any atom is -0.494 e. The number of carbonyl (C=O) groups is 1. The number of likely N-dealkylation sites (N-methyl/N-ethyl adjacent to an activating group) is 1. The molecule has 0 atom stereocenters. The summed E-state index contributed by atoms with van der Waals surface area (Å²) in [6.07, 6.45) is 6.98. The Balaban J connectivity index is 2.48. The van der Waals surface area contributed by atoms with E-state index >= 15 is 0 Å². The van der Waals surface area contributed by atoms with Crippen LogP contribution in [-0.4, -0.2) is 30.5 Å². The van der Waals surface area contributed by atoms with E-state index in [1.54, 1.807) is 11.0 Å². The smallest absolute Gasteiger partial charge is 0.246 e. The normalized spacial score (nSPS) is 10.8. The Morgan fingerprint density at radius 3 is 2.33 bits per heavy atom. The topological polar surface area (TPSA) is 29.5 Å². The van der Waals surface area contributed by atoms with Crippen molar-refractivity contribution in [1.82, 2.24) is 4.90 Å². The second-order valence-electron chi connectivity index (χ2n) is 4.97. The van der Waals surface area contributed by atoms with Crippen LogP contribution >= 0.6 is 0 Å². The molecular formula is C18H27NO2. The fourth-order valence-corrected chi connectivity index (χ4v) is 2.03. The third kappa shape index (κ3) is 6.48. The molecule has 0 saturated heterocycles. The fraction of sp³-hybridized carbons (Fsp3) is 0.500. The molecule has 3 nitrogen and oxygen atoms in total. The summed E-state index contributed by atoms with van der Waals surface area (Å²) in [7, 11) is 0. The number of nitrogens with zero attached hydrogens (tertiary/aromatic N) is 1. The van der Waals surface area contributed by atoms with Gasteiger partial charge in [0.25, 0.3) is 0 Å². The number of carbonyl (C=O) groups excluding carboxylic acids is 1. The minimum absolute atomic E-state index is 0.0555. The first-order valence-corrected chi connectivity index (χ1v) is 7.91. The molecule has 0 spiro atoms. The molecule has 0 heterocycles. The molecule has 0 aliphatic rings. The quantitative estimate of drug-likeness (QED) is 0.505. The third-order valence-electron chi connectivity index (χ3n) is 3.39. The fourth-order valence-electron chi connectivity index (χ4n) is 2.03. The van der Waals surface area contributed by atoms with E-state index in [1.807, 2.05) is 44.2 Å². The van der Waals surface area contributed by atoms with Gasteiger partial charge in [-0.05, 0) is 44.0 Å². The summed E-state index contributed by atoms with van der Waals surface area (Å²) in [5.41, 5.74) is 1.01. The van der Waals surface area contributed by atoms with Crippen LogP contribution < -0.4 is 4.74 Å². The van der Waals surface area contributed by atoms with Crippen molar-refractivity contribution in [3.8, 4) is 5.75 Å². The van der Waals surface area contributed by atoms with Crippen LogP contribution in [0.5, 0.6) is 5.75 Å². The van der Waals surface area contributed by atoms with Gasteiger partial charge in [0.1, 0.15) is 5.75 Å². The second kappa shape index (κ2) is 10.0. The Hall–Kier alpha value is -1.77. The molecule has 0 saturated carbocycles. The summed E-state index contributed by atoms with van der Waals surface area (Å²) in [5, 5.41) is 0. The summed E-state index contributed by atoms with van der Waals surface area (Å²) < 4.78 is 5.66. The van der Waals surface area contributed by atoms with Crippen molar-refractivity contribution in [3.05, 3.63) is 35.9 Å². The van der Waals surface area contributed by atoms with Crippen LogP contribution in [-0.2, 0) is 4.79 Å². The summed E-state index contributed by atoms with van der Waals surface area (Å²) in [6.45, 7) is 8.40. The molecule has 0 aliphatic carbocycles. The van der Waals surface area contributed by atoms with Gasteiger partial charge in [-0.3, -0.25) is 4.79 Å². The first-order valence-electron chi connectivity index (χ1n) is 7.91. The Kier molecular flexibility index (Phi) is 8.25. The van der Waals surface area contributed by atoms with Gasteiger partial charge in [-0.15, -0.1) is 0 Å². The maximum atomic E-state index is 11.9. The summed E-state index contributed by atoms with van der Waals surface area (Å²) >= 11 is 0. The van der Waals surface area contributed by atoms with Gasteiger partial charge in [-0.2, -0.15) is 0 Å². The van der Waals surface area contributed by atoms with Crippen LogP contribution in [0.25, 0.3) is 6.08 Å². The number of amides is 1. The molecule has 0 bridgehead atoms. The number of hydrogen-bond acceptors (Lipinski definition) is 2. The molecule has 0 N–H and O–H groups in total. The lowest BCUT2D eigenvalue weighted by molar-refractivity contribution is -0.125. The van der Waals surface area contributed by atoms with E-state index in [1.165, 1.54) is 12.8 Å². The number of hydrogen-bond donors (Lipinski definition) is 0. The SMILES string of the molecule is CCCCCOc1ccc(C=CC(=O)N(CC)CC)cc1. The molecule has 1 amide bonds. The monoisotopic (exact) mass is 289 g/mol. The van der Waals surface area contributed by atoms with Crippen LogP contribution in [0.4, 0.5) is 0 Å². The molecule has 0 fully saturated rings. The lowest BCUT2D eigenvalue weighted by Gasteiger charge is -2.15. The predicted molar refractivity (Wildman–Crippen MR) is 88.4 cm³/mol. The van der Waals surface area contributed by atoms with Gasteiger partial charge in [-0.1, -0.05) is 31.9 Å². The van der Waals surface area contributed by atoms with Crippen molar-refractivity contribution in [3.63, 3.8) is 0 Å². The standard InChI is InChI=1S/C18H27NO2/c1-4-7-8-15-21-17-12-9-16(10-13-17)11-14-18(20)19(5-2)6-3/h9-14H,4-8,15H2,1-3H3. The van der Waals surface area contributed by atoms with E-state index in [2.05, 4.69) is 6.92 Å². The van der Waals surface area contributed by atoms with Gasteiger partial charge in [-0.25, -0.2) is 0 Å². The van der Waals surface area contributed by atoms with Crippen molar-refractivity contribution in [2.24, 2.45) is 0 Å². The number of rotatable bonds is 9. The zero-order chi connectivity index (χ0) is 15.5. The third-order valence-corrected chi connectivity index (χ3v) is 3.39. The second-order valence-corrected chi connectivity index (χ2v) is 4.97. The average Bonchev–Trinajstić information content (AvgIpc) is 2.52. The Bertz CT molecular complexity index is 433. The molecule has 0 radical (unpaired) electrons. The molecule has 116 valence electrons. The highest BCUT2D eigenvalue weighted by molar-refractivity contribution is 5.91. The molecule has 0 aromatic heterocycles. The van der Waals surface area contributed by atoms with E-state index < -0.39 is 0 Å². The largest absolute Gasteiger partial charge is 0.494 e. The highest BCUT2D eigenvalue weighted by Crippen LogP contribution is 2.14. The molecule has 0 aliphatic heterocycles. The molecular weight excluding hydrogens is 262 g/mol. The first kappa shape index (κ1) is 17.3. The maximum Gasteiger partial charge on any atom is 0.246 e. The van der Waals surface area contributed by atoms with Gasteiger partial charge >= 0.3 is 0 Å². The number of ether oxygens (including phenoxy) is 1. The van der Waals surface area contributed by atoms with Crippen LogP contribution in [0.2, 0.25) is 0 Å². The van der Waals surface area contributed by atoms with Gasteiger partial charge in [0, 0.05) is 19.2 Å². The van der Waals surface area contributed by atoms with E-state index in [9.17, 15) is 4.79 Å². The molecule has 21 heavy (non-hydrogen) atoms. The zero-order valence-electron chi connectivity index (χ0n) is 13.5. The van der Waals surface area contributed by atoms with E-state index in [0.29, 0.717) is 0 Å². The van der Waals surface area contributed by atoms with Crippen molar-refractivity contribution < 1.29 is 9.53 Å². The minimum atomic E-state index is 0.0555. The average molecular weight is 289 g/mol. The summed E-state index contributed by atoms with van der Waals surface area (Å²) in [4.78, 5) is 13.7. The van der Waals surface area contributed by atoms with Gasteiger partial charge in [0.05, 0.1) is 6.61 Å². The zero-order valence-corrected chi connectivity index (χ0v) is 13.5. The lowest BCUT2D eigenvalue weighted by Crippen LogP contribution is -2.28. The molecule has 0 unspecified atom stereocenters. The number of unbranched alkanes of at least 4 members (excludes halogenated alkanes) is 2. The lowest BCUT2D eigenvalue weighted by atomic mass is 10.2. The van der Waals surface area contributed by atoms with Crippen LogP contribution in [0.1, 0.15) is 45.6 Å². The predicted octanol–water partition coefficient (Wildman–Crippen LogP) is 4.14. The van der Waals surface area contributed by atoms with Gasteiger partial charge in [0.15, 0.2) is 0 Å². The Morgan fingerprint density at radius 1 is 1.10 bits per heavy atom. The molecule has 3 heteroatoms. The van der Waals surface area contributed by atoms with Crippen LogP contribution in [0.15, 0.2) is 30.3 Å². The molecule has 1 aromatic carbocycles. The Morgan fingerprint density at radius 2 is 1.76 bits per heavy atom. The van der Waals surface area contributed by atoms with E-state index in [0.717, 1.165) is 37.4 Å². The van der Waals surface area contributed by atoms with Gasteiger partial charge < -0.3 is 9.64 Å². The highest BCUT2D eigenvalue weighted by Gasteiger charge is 2.04.